The highest BCUT2D eigenvalue weighted by Crippen LogP contribution is 2.32. The molecule has 4 aromatic heterocycles. The molecule has 6 heterocycles. The molecule has 192 valence electrons. The minimum Gasteiger partial charge on any atom is -0.378 e. The van der Waals surface area contributed by atoms with Crippen LogP contribution in [0, 0.1) is 0 Å². The summed E-state index contributed by atoms with van der Waals surface area (Å²) in [5.74, 6) is 1.36. The first-order chi connectivity index (χ1) is 18.7. The summed E-state index contributed by atoms with van der Waals surface area (Å²) in [6.45, 7) is 5.03. The predicted octanol–water partition coefficient (Wildman–Crippen LogP) is 2.65. The normalized spacial score (nSPS) is 16.6. The molecule has 5 aromatic rings. The number of aromatic nitrogens is 4. The quantitative estimate of drug-likeness (QED) is 0.353. The summed E-state index contributed by atoms with van der Waals surface area (Å²) < 4.78 is 8.49. The first kappa shape index (κ1) is 23.1. The summed E-state index contributed by atoms with van der Waals surface area (Å²) in [5, 5.41) is 0.449. The van der Waals surface area contributed by atoms with Crippen LogP contribution in [0.1, 0.15) is 10.4 Å². The Morgan fingerprint density at radius 3 is 2.47 bits per heavy atom. The van der Waals surface area contributed by atoms with Crippen molar-refractivity contribution in [3.63, 3.8) is 0 Å². The van der Waals surface area contributed by atoms with Gasteiger partial charge >= 0.3 is 0 Å². The number of carbonyl (C=O) groups excluding carboxylic acids is 1. The van der Waals surface area contributed by atoms with Crippen LogP contribution < -0.4 is 15.2 Å². The van der Waals surface area contributed by atoms with Gasteiger partial charge in [-0.05, 0) is 24.3 Å². The molecular formula is C27H25N7O3S. The number of amides is 1. The molecular weight excluding hydrogens is 502 g/mol. The summed E-state index contributed by atoms with van der Waals surface area (Å²) in [6.07, 6.45) is 5.04. The van der Waals surface area contributed by atoms with Gasteiger partial charge in [-0.15, -0.1) is 11.3 Å². The van der Waals surface area contributed by atoms with Gasteiger partial charge in [0.05, 0.1) is 35.0 Å². The van der Waals surface area contributed by atoms with Gasteiger partial charge in [-0.2, -0.15) is 0 Å². The number of ether oxygens (including phenoxy) is 1. The number of thiazole rings is 1. The Hall–Kier alpha value is -4.09. The van der Waals surface area contributed by atoms with E-state index in [1.165, 1.54) is 11.3 Å². The van der Waals surface area contributed by atoms with Crippen molar-refractivity contribution in [3.05, 3.63) is 70.8 Å². The van der Waals surface area contributed by atoms with Gasteiger partial charge in [0.2, 0.25) is 5.43 Å². The lowest BCUT2D eigenvalue weighted by atomic mass is 10.1. The molecule has 2 aliphatic rings. The van der Waals surface area contributed by atoms with Crippen molar-refractivity contribution in [1.82, 2.24) is 24.3 Å². The van der Waals surface area contributed by atoms with Crippen LogP contribution >= 0.6 is 11.3 Å². The molecule has 0 bridgehead atoms. The van der Waals surface area contributed by atoms with Gasteiger partial charge in [0.1, 0.15) is 22.0 Å². The highest BCUT2D eigenvalue weighted by molar-refractivity contribution is 7.24. The number of carbonyl (C=O) groups is 1. The van der Waals surface area contributed by atoms with Crippen LogP contribution in [0.25, 0.3) is 26.1 Å². The molecule has 2 fully saturated rings. The van der Waals surface area contributed by atoms with Crippen molar-refractivity contribution in [2.75, 3.05) is 62.3 Å². The number of morpholine rings is 1. The minimum absolute atomic E-state index is 0.215. The molecule has 1 amide bonds. The lowest BCUT2D eigenvalue weighted by molar-refractivity contribution is 0.0747. The standard InChI is InChI=1S/C27H25N7O3S/c35-24-18-5-6-21(32-13-15-37-16-14-32)30-25(18)34-19-3-1-2-4-20(19)38-27(34)23(24)26(36)33-11-9-31(10-12-33)22-17-28-7-8-29-22/h1-8,17H,9-16H2. The fraction of sp³-hybridized carbons (Fsp3) is 0.296. The molecule has 7 rings (SSSR count). The number of hydrogen-bond donors (Lipinski definition) is 0. The van der Waals surface area contributed by atoms with Crippen molar-refractivity contribution in [3.8, 4) is 0 Å². The van der Waals surface area contributed by atoms with E-state index < -0.39 is 0 Å². The van der Waals surface area contributed by atoms with Crippen LogP contribution in [0.3, 0.4) is 0 Å². The third-order valence-corrected chi connectivity index (χ3v) is 8.41. The maximum Gasteiger partial charge on any atom is 0.260 e. The van der Waals surface area contributed by atoms with Gasteiger partial charge in [0.15, 0.2) is 5.65 Å². The lowest BCUT2D eigenvalue weighted by Crippen LogP contribution is -2.49. The van der Waals surface area contributed by atoms with Gasteiger partial charge in [0.25, 0.3) is 5.91 Å². The summed E-state index contributed by atoms with van der Waals surface area (Å²) in [4.78, 5) is 48.0. The fourth-order valence-corrected chi connectivity index (χ4v) is 6.46. The number of pyridine rings is 2. The second-order valence-corrected chi connectivity index (χ2v) is 10.4. The Balaban J connectivity index is 1.33. The number of hydrogen-bond acceptors (Lipinski definition) is 9. The van der Waals surface area contributed by atoms with E-state index in [4.69, 9.17) is 9.72 Å². The minimum atomic E-state index is -0.270. The molecule has 10 nitrogen and oxygen atoms in total. The number of anilines is 2. The van der Waals surface area contributed by atoms with Crippen molar-refractivity contribution >= 4 is 55.0 Å². The van der Waals surface area contributed by atoms with Gasteiger partial charge in [-0.25, -0.2) is 9.97 Å². The van der Waals surface area contributed by atoms with Crippen LogP contribution in [0.4, 0.5) is 11.6 Å². The number of nitrogens with zero attached hydrogens (tertiary/aromatic N) is 7. The molecule has 2 aliphatic heterocycles. The third-order valence-electron chi connectivity index (χ3n) is 7.26. The Morgan fingerprint density at radius 2 is 1.68 bits per heavy atom. The summed E-state index contributed by atoms with van der Waals surface area (Å²) in [7, 11) is 0. The number of para-hydroxylation sites is 1. The summed E-state index contributed by atoms with van der Waals surface area (Å²) in [6, 6.07) is 11.7. The average Bonchev–Trinajstić information content (AvgIpc) is 3.37. The average molecular weight is 528 g/mol. The highest BCUT2D eigenvalue weighted by Gasteiger charge is 2.29. The van der Waals surface area contributed by atoms with Crippen LogP contribution in [0.5, 0.6) is 0 Å². The van der Waals surface area contributed by atoms with Crippen LogP contribution in [0.15, 0.2) is 59.8 Å². The Kier molecular flexibility index (Phi) is 5.67. The van der Waals surface area contributed by atoms with E-state index in [1.807, 2.05) is 40.8 Å². The monoisotopic (exact) mass is 527 g/mol. The predicted molar refractivity (Wildman–Crippen MR) is 148 cm³/mol. The molecule has 0 aliphatic carbocycles. The van der Waals surface area contributed by atoms with Crippen LogP contribution in [-0.2, 0) is 4.74 Å². The smallest absolute Gasteiger partial charge is 0.260 e. The van der Waals surface area contributed by atoms with E-state index in [0.29, 0.717) is 55.3 Å². The molecule has 0 spiro atoms. The Bertz CT molecular complexity index is 1720. The van der Waals surface area contributed by atoms with Gasteiger partial charge in [-0.1, -0.05) is 12.1 Å². The van der Waals surface area contributed by atoms with Gasteiger partial charge in [0, 0.05) is 51.7 Å². The lowest BCUT2D eigenvalue weighted by Gasteiger charge is -2.35. The summed E-state index contributed by atoms with van der Waals surface area (Å²) >= 11 is 1.46. The first-order valence-electron chi connectivity index (χ1n) is 12.7. The van der Waals surface area contributed by atoms with E-state index in [1.54, 1.807) is 23.5 Å². The van der Waals surface area contributed by atoms with Crippen LogP contribution in [0.2, 0.25) is 0 Å². The zero-order valence-electron chi connectivity index (χ0n) is 20.6. The largest absolute Gasteiger partial charge is 0.378 e. The molecule has 1 aromatic carbocycles. The summed E-state index contributed by atoms with van der Waals surface area (Å²) in [5.41, 5.74) is 1.46. The second kappa shape index (κ2) is 9.34. The fourth-order valence-electron chi connectivity index (χ4n) is 5.29. The van der Waals surface area contributed by atoms with E-state index in [0.717, 1.165) is 34.9 Å². The zero-order chi connectivity index (χ0) is 25.6. The molecule has 0 atom stereocenters. The second-order valence-electron chi connectivity index (χ2n) is 9.40. The first-order valence-corrected chi connectivity index (χ1v) is 13.5. The molecule has 38 heavy (non-hydrogen) atoms. The van der Waals surface area contributed by atoms with Crippen molar-refractivity contribution < 1.29 is 9.53 Å². The molecule has 11 heteroatoms. The van der Waals surface area contributed by atoms with E-state index in [2.05, 4.69) is 19.8 Å². The van der Waals surface area contributed by atoms with E-state index in [-0.39, 0.29) is 16.9 Å². The van der Waals surface area contributed by atoms with Crippen molar-refractivity contribution in [2.45, 2.75) is 0 Å². The van der Waals surface area contributed by atoms with Gasteiger partial charge < -0.3 is 19.4 Å². The third kappa shape index (κ3) is 3.77. The van der Waals surface area contributed by atoms with Gasteiger partial charge in [-0.3, -0.25) is 19.0 Å². The van der Waals surface area contributed by atoms with E-state index in [9.17, 15) is 9.59 Å². The van der Waals surface area contributed by atoms with Crippen molar-refractivity contribution in [2.24, 2.45) is 0 Å². The SMILES string of the molecule is O=C(c1c(=O)c2ccc(N3CCOCC3)nc2n2c1sc1ccccc12)N1CCN(c2cnccn2)CC1. The van der Waals surface area contributed by atoms with Crippen LogP contribution in [-0.4, -0.2) is 82.6 Å². The topological polar surface area (TPSA) is 96.2 Å². The Morgan fingerprint density at radius 1 is 0.895 bits per heavy atom. The highest BCUT2D eigenvalue weighted by atomic mass is 32.1. The number of benzene rings is 1. The molecule has 0 saturated carbocycles. The number of piperazine rings is 1. The molecule has 0 N–H and O–H groups in total. The number of rotatable bonds is 3. The molecule has 2 saturated heterocycles. The van der Waals surface area contributed by atoms with Crippen molar-refractivity contribution in [1.29, 1.82) is 0 Å². The molecule has 0 unspecified atom stereocenters. The zero-order valence-corrected chi connectivity index (χ0v) is 21.4. The molecule has 0 radical (unpaired) electrons. The maximum absolute atomic E-state index is 13.9. The maximum atomic E-state index is 13.9. The number of fused-ring (bicyclic) bond motifs is 5. The van der Waals surface area contributed by atoms with E-state index >= 15 is 0 Å². The Labute approximate surface area is 221 Å².